The first kappa shape index (κ1) is 24.8. The smallest absolute Gasteiger partial charge is 0.465 e. The summed E-state index contributed by atoms with van der Waals surface area (Å²) >= 11 is 0. The van der Waals surface area contributed by atoms with Gasteiger partial charge in [-0.1, -0.05) is 25.5 Å². The van der Waals surface area contributed by atoms with Gasteiger partial charge in [-0.2, -0.15) is 0 Å². The van der Waals surface area contributed by atoms with Gasteiger partial charge in [-0.3, -0.25) is 9.59 Å². The van der Waals surface area contributed by atoms with Gasteiger partial charge in [0, 0.05) is 25.9 Å². The van der Waals surface area contributed by atoms with Crippen LogP contribution in [0.5, 0.6) is 0 Å². The first-order chi connectivity index (χ1) is 13.5. The van der Waals surface area contributed by atoms with Crippen molar-refractivity contribution in [1.82, 2.24) is 0 Å². The Morgan fingerprint density at radius 2 is 1.43 bits per heavy atom. The normalized spacial score (nSPS) is 19.8. The third-order valence-electron chi connectivity index (χ3n) is 4.68. The van der Waals surface area contributed by atoms with Crippen LogP contribution in [-0.2, 0) is 32.3 Å². The van der Waals surface area contributed by atoms with Gasteiger partial charge in [0.2, 0.25) is 0 Å². The Morgan fingerprint density at radius 3 is 1.89 bits per heavy atom. The van der Waals surface area contributed by atoms with E-state index < -0.39 is 20.6 Å². The molecular weight excluding hydrogens is 380 g/mol. The molecule has 1 aliphatic carbocycles. The van der Waals surface area contributed by atoms with Gasteiger partial charge < -0.3 is 22.8 Å². The molecule has 2 atom stereocenters. The molecule has 28 heavy (non-hydrogen) atoms. The van der Waals surface area contributed by atoms with E-state index in [2.05, 4.69) is 6.58 Å². The van der Waals surface area contributed by atoms with Crippen molar-refractivity contribution in [3.8, 4) is 0 Å². The number of carbonyl (C=O) groups excluding carboxylic acids is 2. The lowest BCUT2D eigenvalue weighted by Gasteiger charge is -2.29. The maximum absolute atomic E-state index is 12.6. The van der Waals surface area contributed by atoms with Crippen LogP contribution in [0.3, 0.4) is 0 Å². The second-order valence-corrected chi connectivity index (χ2v) is 9.40. The summed E-state index contributed by atoms with van der Waals surface area (Å²) in [6.45, 7) is 11.2. The van der Waals surface area contributed by atoms with Crippen molar-refractivity contribution in [2.75, 3.05) is 33.0 Å². The van der Waals surface area contributed by atoms with Gasteiger partial charge >= 0.3 is 20.7 Å². The lowest BCUT2D eigenvalue weighted by atomic mass is 9.79. The number of hydrogen-bond donors (Lipinski definition) is 0. The van der Waals surface area contributed by atoms with Crippen LogP contribution in [0.25, 0.3) is 0 Å². The van der Waals surface area contributed by atoms with Crippen molar-refractivity contribution in [2.24, 2.45) is 11.8 Å². The predicted molar refractivity (Wildman–Crippen MR) is 108 cm³/mol. The largest absolute Gasteiger partial charge is 0.501 e. The molecule has 7 nitrogen and oxygen atoms in total. The molecule has 0 saturated heterocycles. The SMILES string of the molecule is C=CCOC(=O)C1CCCCC1C(=O)OCCC[Si](OCC)(OCC)OCC. The van der Waals surface area contributed by atoms with E-state index in [4.69, 9.17) is 22.8 Å². The highest BCUT2D eigenvalue weighted by Gasteiger charge is 2.40. The van der Waals surface area contributed by atoms with Crippen molar-refractivity contribution < 1.29 is 32.3 Å². The van der Waals surface area contributed by atoms with Gasteiger partial charge in [0.05, 0.1) is 18.4 Å². The van der Waals surface area contributed by atoms with Crippen LogP contribution in [0.2, 0.25) is 6.04 Å². The monoisotopic (exact) mass is 416 g/mol. The second kappa shape index (κ2) is 13.9. The van der Waals surface area contributed by atoms with E-state index in [9.17, 15) is 9.59 Å². The number of rotatable bonds is 14. The number of esters is 2. The first-order valence-corrected chi connectivity index (χ1v) is 12.3. The van der Waals surface area contributed by atoms with Gasteiger partial charge in [-0.05, 0) is 40.0 Å². The van der Waals surface area contributed by atoms with Crippen LogP contribution in [-0.4, -0.2) is 53.8 Å². The average molecular weight is 417 g/mol. The Hall–Kier alpha value is -1.22. The molecule has 2 unspecified atom stereocenters. The Balaban J connectivity index is 2.54. The van der Waals surface area contributed by atoms with Crippen LogP contribution in [0.1, 0.15) is 52.9 Å². The van der Waals surface area contributed by atoms with Crippen molar-refractivity contribution in [3.63, 3.8) is 0 Å². The number of hydrogen-bond acceptors (Lipinski definition) is 7. The summed E-state index contributed by atoms with van der Waals surface area (Å²) in [7, 11) is -2.73. The summed E-state index contributed by atoms with van der Waals surface area (Å²) in [5.74, 6) is -1.52. The highest BCUT2D eigenvalue weighted by atomic mass is 28.4. The topological polar surface area (TPSA) is 80.3 Å². The zero-order valence-electron chi connectivity index (χ0n) is 17.6. The molecule has 1 rings (SSSR count). The predicted octanol–water partition coefficient (Wildman–Crippen LogP) is 3.50. The minimum absolute atomic E-state index is 0.163. The Kier molecular flexibility index (Phi) is 12.3. The zero-order chi connectivity index (χ0) is 20.8. The van der Waals surface area contributed by atoms with E-state index in [0.29, 0.717) is 45.1 Å². The number of ether oxygens (including phenoxy) is 2. The molecule has 1 fully saturated rings. The summed E-state index contributed by atoms with van der Waals surface area (Å²) in [4.78, 5) is 24.8. The van der Waals surface area contributed by atoms with E-state index in [-0.39, 0.29) is 25.2 Å². The molecule has 0 bridgehead atoms. The fourth-order valence-corrected chi connectivity index (χ4v) is 6.09. The lowest BCUT2D eigenvalue weighted by molar-refractivity contribution is -0.162. The summed E-state index contributed by atoms with van der Waals surface area (Å²) in [5.41, 5.74) is 0. The first-order valence-electron chi connectivity index (χ1n) is 10.4. The maximum Gasteiger partial charge on any atom is 0.501 e. The molecule has 0 radical (unpaired) electrons. The van der Waals surface area contributed by atoms with E-state index in [0.717, 1.165) is 12.8 Å². The second-order valence-electron chi connectivity index (χ2n) is 6.67. The molecule has 0 aromatic heterocycles. The molecule has 8 heteroatoms. The molecule has 0 spiro atoms. The van der Waals surface area contributed by atoms with Gasteiger partial charge in [-0.25, -0.2) is 0 Å². The fraction of sp³-hybridized carbons (Fsp3) is 0.800. The average Bonchev–Trinajstić information content (AvgIpc) is 2.70. The van der Waals surface area contributed by atoms with Crippen LogP contribution < -0.4 is 0 Å². The molecule has 162 valence electrons. The van der Waals surface area contributed by atoms with Gasteiger partial charge in [0.15, 0.2) is 0 Å². The van der Waals surface area contributed by atoms with E-state index in [1.165, 1.54) is 6.08 Å². The van der Waals surface area contributed by atoms with Gasteiger partial charge in [0.1, 0.15) is 6.61 Å². The lowest BCUT2D eigenvalue weighted by Crippen LogP contribution is -2.46. The molecule has 0 aliphatic heterocycles. The minimum atomic E-state index is -2.73. The third-order valence-corrected chi connectivity index (χ3v) is 7.83. The highest BCUT2D eigenvalue weighted by Crippen LogP contribution is 2.32. The molecule has 0 N–H and O–H groups in total. The highest BCUT2D eigenvalue weighted by molar-refractivity contribution is 6.60. The molecule has 0 aromatic rings. The molecular formula is C20H36O7Si. The Morgan fingerprint density at radius 1 is 0.929 bits per heavy atom. The van der Waals surface area contributed by atoms with Crippen LogP contribution in [0, 0.1) is 11.8 Å². The van der Waals surface area contributed by atoms with Crippen molar-refractivity contribution in [2.45, 2.75) is 58.9 Å². The molecule has 1 aliphatic rings. The summed E-state index contributed by atoms with van der Waals surface area (Å²) in [5, 5.41) is 0. The minimum Gasteiger partial charge on any atom is -0.465 e. The molecule has 0 heterocycles. The van der Waals surface area contributed by atoms with Crippen molar-refractivity contribution >= 4 is 20.7 Å². The zero-order valence-corrected chi connectivity index (χ0v) is 18.6. The van der Waals surface area contributed by atoms with E-state index in [1.54, 1.807) is 0 Å². The summed E-state index contributed by atoms with van der Waals surface area (Å²) in [6, 6.07) is 0.589. The van der Waals surface area contributed by atoms with Gasteiger partial charge in [-0.15, -0.1) is 0 Å². The van der Waals surface area contributed by atoms with E-state index in [1.807, 2.05) is 20.8 Å². The Bertz CT molecular complexity index is 466. The van der Waals surface area contributed by atoms with Crippen molar-refractivity contribution in [1.29, 1.82) is 0 Å². The fourth-order valence-electron chi connectivity index (χ4n) is 3.51. The quantitative estimate of drug-likeness (QED) is 0.185. The summed E-state index contributed by atoms with van der Waals surface area (Å²) in [6.07, 6.45) is 5.27. The van der Waals surface area contributed by atoms with Crippen LogP contribution >= 0.6 is 0 Å². The third kappa shape index (κ3) is 8.03. The molecule has 0 aromatic carbocycles. The van der Waals surface area contributed by atoms with E-state index >= 15 is 0 Å². The van der Waals surface area contributed by atoms with Crippen molar-refractivity contribution in [3.05, 3.63) is 12.7 Å². The standard InChI is InChI=1S/C20H36O7Si/c1-5-14-23-19(21)17-12-9-10-13-18(17)20(22)24-15-11-16-28(25-6-2,26-7-3)27-8-4/h5,17-18H,1,6-16H2,2-4H3. The maximum atomic E-state index is 12.6. The molecule has 1 saturated carbocycles. The Labute approximate surface area is 170 Å². The van der Waals surface area contributed by atoms with Gasteiger partial charge in [0.25, 0.3) is 0 Å². The van der Waals surface area contributed by atoms with Crippen LogP contribution in [0.4, 0.5) is 0 Å². The molecule has 0 amide bonds. The van der Waals surface area contributed by atoms with Crippen LogP contribution in [0.15, 0.2) is 12.7 Å². The summed E-state index contributed by atoms with van der Waals surface area (Å²) < 4.78 is 28.1. The number of carbonyl (C=O) groups is 2.